The number of nitrogens with one attached hydrogen (secondary N) is 2. The normalized spacial score (nSPS) is 10.1. The Hall–Kier alpha value is -1.85. The van der Waals surface area contributed by atoms with Gasteiger partial charge in [-0.1, -0.05) is 0 Å². The van der Waals surface area contributed by atoms with E-state index in [4.69, 9.17) is 0 Å². The van der Waals surface area contributed by atoms with Gasteiger partial charge in [-0.25, -0.2) is 0 Å². The molecule has 1 rings (SSSR count). The van der Waals surface area contributed by atoms with Gasteiger partial charge in [-0.2, -0.15) is 5.10 Å². The maximum Gasteiger partial charge on any atom is 0.271 e. The van der Waals surface area contributed by atoms with Gasteiger partial charge < -0.3 is 10.6 Å². The van der Waals surface area contributed by atoms with Gasteiger partial charge in [0.25, 0.3) is 5.91 Å². The number of carbonyl (C=O) groups is 2. The molecule has 1 aromatic heterocycles. The Bertz CT molecular complexity index is 412. The van der Waals surface area contributed by atoms with Gasteiger partial charge >= 0.3 is 0 Å². The highest BCUT2D eigenvalue weighted by Crippen LogP contribution is 2.02. The van der Waals surface area contributed by atoms with Crippen molar-refractivity contribution in [3.05, 3.63) is 17.5 Å². The summed E-state index contributed by atoms with van der Waals surface area (Å²) in [7, 11) is 0. The summed E-state index contributed by atoms with van der Waals surface area (Å²) >= 11 is 0. The van der Waals surface area contributed by atoms with Crippen molar-refractivity contribution < 1.29 is 9.59 Å². The first-order valence-electron chi connectivity index (χ1n) is 5.61. The Morgan fingerprint density at radius 3 is 2.53 bits per heavy atom. The summed E-state index contributed by atoms with van der Waals surface area (Å²) in [5.41, 5.74) is 1.37. The fourth-order valence-electron chi connectivity index (χ4n) is 1.45. The summed E-state index contributed by atoms with van der Waals surface area (Å²) in [6.45, 7) is 6.88. The van der Waals surface area contributed by atoms with E-state index in [2.05, 4.69) is 15.7 Å². The van der Waals surface area contributed by atoms with Crippen LogP contribution in [0.1, 0.15) is 30.0 Å². The topological polar surface area (TPSA) is 76.0 Å². The number of aromatic nitrogens is 2. The van der Waals surface area contributed by atoms with Gasteiger partial charge in [0.05, 0.1) is 0 Å². The minimum atomic E-state index is -0.217. The predicted octanol–water partition coefficient (Wildman–Crippen LogP) is 0.0773. The molecule has 2 N–H and O–H groups in total. The fourth-order valence-corrected chi connectivity index (χ4v) is 1.45. The smallest absolute Gasteiger partial charge is 0.271 e. The number of hydrogen-bond acceptors (Lipinski definition) is 3. The van der Waals surface area contributed by atoms with Crippen LogP contribution in [0.5, 0.6) is 0 Å². The molecule has 1 aromatic rings. The standard InChI is InChI=1S/C11H18N4O2/c1-4-15-8(2)7-10(14-15)11(17)13-6-5-12-9(3)16/h7H,4-6H2,1-3H3,(H,12,16)(H,13,17). The quantitative estimate of drug-likeness (QED) is 0.713. The Balaban J connectivity index is 2.44. The molecule has 94 valence electrons. The van der Waals surface area contributed by atoms with Crippen LogP contribution in [0.25, 0.3) is 0 Å². The molecule has 6 heteroatoms. The molecule has 0 saturated heterocycles. The largest absolute Gasteiger partial charge is 0.355 e. The molecule has 0 unspecified atom stereocenters. The van der Waals surface area contributed by atoms with E-state index >= 15 is 0 Å². The number of amides is 2. The number of carbonyl (C=O) groups excluding carboxylic acids is 2. The maximum absolute atomic E-state index is 11.7. The summed E-state index contributed by atoms with van der Waals surface area (Å²) in [5, 5.41) is 9.45. The molecule has 0 atom stereocenters. The van der Waals surface area contributed by atoms with Gasteiger partial charge in [0, 0.05) is 32.3 Å². The van der Waals surface area contributed by atoms with Crippen molar-refractivity contribution in [1.82, 2.24) is 20.4 Å². The molecule has 2 amide bonds. The molecule has 0 saturated carbocycles. The summed E-state index contributed by atoms with van der Waals surface area (Å²) in [6.07, 6.45) is 0. The van der Waals surface area contributed by atoms with E-state index < -0.39 is 0 Å². The van der Waals surface area contributed by atoms with Crippen LogP contribution in [0, 0.1) is 6.92 Å². The van der Waals surface area contributed by atoms with Crippen LogP contribution in [0.2, 0.25) is 0 Å². The molecule has 0 aromatic carbocycles. The zero-order valence-corrected chi connectivity index (χ0v) is 10.4. The monoisotopic (exact) mass is 238 g/mol. The van der Waals surface area contributed by atoms with Crippen LogP contribution in [-0.4, -0.2) is 34.7 Å². The second-order valence-electron chi connectivity index (χ2n) is 3.73. The fraction of sp³-hybridized carbons (Fsp3) is 0.545. The molecule has 0 spiro atoms. The number of aryl methyl sites for hydroxylation is 2. The van der Waals surface area contributed by atoms with Gasteiger partial charge in [-0.3, -0.25) is 14.3 Å². The molecule has 0 aliphatic rings. The maximum atomic E-state index is 11.7. The lowest BCUT2D eigenvalue weighted by atomic mass is 10.3. The molecule has 0 bridgehead atoms. The molecular weight excluding hydrogens is 220 g/mol. The van der Waals surface area contributed by atoms with E-state index in [1.54, 1.807) is 10.7 Å². The lowest BCUT2D eigenvalue weighted by Crippen LogP contribution is -2.33. The highest BCUT2D eigenvalue weighted by atomic mass is 16.2. The van der Waals surface area contributed by atoms with Crippen LogP contribution in [0.3, 0.4) is 0 Å². The minimum absolute atomic E-state index is 0.106. The van der Waals surface area contributed by atoms with Gasteiger partial charge in [-0.05, 0) is 19.9 Å². The SMILES string of the molecule is CCn1nc(C(=O)NCCNC(C)=O)cc1C. The molecule has 1 heterocycles. The third-order valence-corrected chi connectivity index (χ3v) is 2.30. The zero-order valence-electron chi connectivity index (χ0n) is 10.4. The molecule has 0 aliphatic heterocycles. The minimum Gasteiger partial charge on any atom is -0.355 e. The van der Waals surface area contributed by atoms with E-state index in [1.807, 2.05) is 13.8 Å². The number of nitrogens with zero attached hydrogens (tertiary/aromatic N) is 2. The van der Waals surface area contributed by atoms with E-state index in [-0.39, 0.29) is 11.8 Å². The van der Waals surface area contributed by atoms with Crippen molar-refractivity contribution in [2.45, 2.75) is 27.3 Å². The number of hydrogen-bond donors (Lipinski definition) is 2. The van der Waals surface area contributed by atoms with E-state index in [9.17, 15) is 9.59 Å². The van der Waals surface area contributed by atoms with Gasteiger partial charge in [-0.15, -0.1) is 0 Å². The van der Waals surface area contributed by atoms with E-state index in [0.29, 0.717) is 18.8 Å². The highest BCUT2D eigenvalue weighted by Gasteiger charge is 2.10. The third-order valence-electron chi connectivity index (χ3n) is 2.30. The first-order valence-corrected chi connectivity index (χ1v) is 5.61. The van der Waals surface area contributed by atoms with Crippen molar-refractivity contribution in [2.75, 3.05) is 13.1 Å². The molecular formula is C11H18N4O2. The third kappa shape index (κ3) is 3.90. The van der Waals surface area contributed by atoms with Crippen LogP contribution in [0.4, 0.5) is 0 Å². The molecule has 0 aliphatic carbocycles. The molecule has 6 nitrogen and oxygen atoms in total. The van der Waals surface area contributed by atoms with Crippen LogP contribution in [0.15, 0.2) is 6.07 Å². The Morgan fingerprint density at radius 2 is 2.00 bits per heavy atom. The van der Waals surface area contributed by atoms with Crippen LogP contribution < -0.4 is 10.6 Å². The van der Waals surface area contributed by atoms with Crippen LogP contribution in [-0.2, 0) is 11.3 Å². The van der Waals surface area contributed by atoms with E-state index in [0.717, 1.165) is 12.2 Å². The first kappa shape index (κ1) is 13.2. The van der Waals surface area contributed by atoms with Crippen LogP contribution >= 0.6 is 0 Å². The Kier molecular flexibility index (Phi) is 4.68. The van der Waals surface area contributed by atoms with Gasteiger partial charge in [0.2, 0.25) is 5.91 Å². The Morgan fingerprint density at radius 1 is 1.35 bits per heavy atom. The van der Waals surface area contributed by atoms with Gasteiger partial charge in [0.15, 0.2) is 0 Å². The van der Waals surface area contributed by atoms with Crippen molar-refractivity contribution in [3.8, 4) is 0 Å². The zero-order chi connectivity index (χ0) is 12.8. The van der Waals surface area contributed by atoms with Crippen molar-refractivity contribution in [2.24, 2.45) is 0 Å². The summed E-state index contributed by atoms with van der Waals surface area (Å²) < 4.78 is 1.77. The van der Waals surface area contributed by atoms with Crippen molar-refractivity contribution >= 4 is 11.8 Å². The van der Waals surface area contributed by atoms with E-state index in [1.165, 1.54) is 6.92 Å². The summed E-state index contributed by atoms with van der Waals surface area (Å²) in [6, 6.07) is 1.75. The number of rotatable bonds is 5. The molecule has 0 radical (unpaired) electrons. The lowest BCUT2D eigenvalue weighted by Gasteiger charge is -2.03. The van der Waals surface area contributed by atoms with Crippen molar-refractivity contribution in [1.29, 1.82) is 0 Å². The Labute approximate surface area is 100 Å². The first-order chi connectivity index (χ1) is 8.04. The highest BCUT2D eigenvalue weighted by molar-refractivity contribution is 5.92. The average molecular weight is 238 g/mol. The molecule has 17 heavy (non-hydrogen) atoms. The second kappa shape index (κ2) is 6.03. The molecule has 0 fully saturated rings. The average Bonchev–Trinajstić information content (AvgIpc) is 2.65. The van der Waals surface area contributed by atoms with Crippen molar-refractivity contribution in [3.63, 3.8) is 0 Å². The second-order valence-corrected chi connectivity index (χ2v) is 3.73. The lowest BCUT2D eigenvalue weighted by molar-refractivity contribution is -0.118. The summed E-state index contributed by atoms with van der Waals surface area (Å²) in [4.78, 5) is 22.3. The summed E-state index contributed by atoms with van der Waals surface area (Å²) in [5.74, 6) is -0.323. The van der Waals surface area contributed by atoms with Gasteiger partial charge in [0.1, 0.15) is 5.69 Å². The predicted molar refractivity (Wildman–Crippen MR) is 63.7 cm³/mol.